The average Bonchev–Trinajstić information content (AvgIpc) is 3.10. The van der Waals surface area contributed by atoms with Gasteiger partial charge in [-0.05, 0) is 6.07 Å². The van der Waals surface area contributed by atoms with Crippen LogP contribution in [0.1, 0.15) is 11.4 Å². The second-order valence-electron chi connectivity index (χ2n) is 6.03. The van der Waals surface area contributed by atoms with Gasteiger partial charge < -0.3 is 14.5 Å². The van der Waals surface area contributed by atoms with Gasteiger partial charge in [-0.3, -0.25) is 9.80 Å². The van der Waals surface area contributed by atoms with Crippen molar-refractivity contribution in [2.75, 3.05) is 39.4 Å². The van der Waals surface area contributed by atoms with Gasteiger partial charge in [0.05, 0.1) is 6.54 Å². The molecule has 6 nitrogen and oxygen atoms in total. The second kappa shape index (κ2) is 6.60. The predicted molar refractivity (Wildman–Crippen MR) is 86.6 cm³/mol. The number of ether oxygens (including phenoxy) is 2. The second-order valence-corrected chi connectivity index (χ2v) is 6.03. The number of aromatic amines is 1. The standard InChI is InChI=1S/C17H22N4O2/c1-2-14(17-15(3-1)22-10-11-23-17)12-20-6-8-21(9-7-20)13-16-18-4-5-19-16/h1-5H,6-13H2,(H,18,19). The molecule has 0 bridgehead atoms. The lowest BCUT2D eigenvalue weighted by molar-refractivity contribution is 0.117. The third-order valence-electron chi connectivity index (χ3n) is 4.43. The van der Waals surface area contributed by atoms with Crippen molar-refractivity contribution in [3.05, 3.63) is 42.0 Å². The van der Waals surface area contributed by atoms with Crippen LogP contribution < -0.4 is 9.47 Å². The maximum atomic E-state index is 5.81. The SMILES string of the molecule is c1cc(CN2CCN(Cc3ncc[nH]3)CC2)c2c(c1)OCCO2. The zero-order valence-electron chi connectivity index (χ0n) is 13.2. The summed E-state index contributed by atoms with van der Waals surface area (Å²) in [5.74, 6) is 2.85. The minimum atomic E-state index is 0.640. The monoisotopic (exact) mass is 314 g/mol. The molecule has 2 aromatic rings. The van der Waals surface area contributed by atoms with Crippen LogP contribution in [-0.4, -0.2) is 59.2 Å². The molecule has 23 heavy (non-hydrogen) atoms. The molecule has 6 heteroatoms. The van der Waals surface area contributed by atoms with Gasteiger partial charge in [0.1, 0.15) is 19.0 Å². The van der Waals surface area contributed by atoms with Gasteiger partial charge in [0.2, 0.25) is 0 Å². The third kappa shape index (κ3) is 3.33. The minimum Gasteiger partial charge on any atom is -0.486 e. The highest BCUT2D eigenvalue weighted by Crippen LogP contribution is 2.34. The summed E-state index contributed by atoms with van der Waals surface area (Å²) in [6, 6.07) is 6.18. The molecule has 0 unspecified atom stereocenters. The average molecular weight is 314 g/mol. The number of nitrogens with one attached hydrogen (secondary N) is 1. The highest BCUT2D eigenvalue weighted by atomic mass is 16.6. The topological polar surface area (TPSA) is 53.6 Å². The van der Waals surface area contributed by atoms with Crippen LogP contribution in [0.25, 0.3) is 0 Å². The van der Waals surface area contributed by atoms with Gasteiger partial charge in [-0.25, -0.2) is 4.98 Å². The van der Waals surface area contributed by atoms with Gasteiger partial charge in [0.15, 0.2) is 11.5 Å². The van der Waals surface area contributed by atoms with Crippen LogP contribution >= 0.6 is 0 Å². The molecule has 1 aromatic carbocycles. The van der Waals surface area contributed by atoms with Crippen molar-refractivity contribution in [2.24, 2.45) is 0 Å². The number of hydrogen-bond acceptors (Lipinski definition) is 5. The van der Waals surface area contributed by atoms with Gasteiger partial charge in [-0.1, -0.05) is 12.1 Å². The fraction of sp³-hybridized carbons (Fsp3) is 0.471. The zero-order valence-corrected chi connectivity index (χ0v) is 13.2. The summed E-state index contributed by atoms with van der Waals surface area (Å²) in [6.07, 6.45) is 3.69. The molecule has 0 amide bonds. The van der Waals surface area contributed by atoms with Gasteiger partial charge in [-0.15, -0.1) is 0 Å². The Bertz CT molecular complexity index is 636. The first-order chi connectivity index (χ1) is 11.4. The Morgan fingerprint density at radius 1 is 1.00 bits per heavy atom. The van der Waals surface area contributed by atoms with E-state index >= 15 is 0 Å². The van der Waals surface area contributed by atoms with Crippen molar-refractivity contribution in [3.63, 3.8) is 0 Å². The molecule has 1 fully saturated rings. The normalized spacial score (nSPS) is 19.0. The summed E-state index contributed by atoms with van der Waals surface area (Å²) < 4.78 is 11.5. The lowest BCUT2D eigenvalue weighted by Gasteiger charge is -2.34. The first kappa shape index (κ1) is 14.5. The van der Waals surface area contributed by atoms with E-state index < -0.39 is 0 Å². The minimum absolute atomic E-state index is 0.640. The van der Waals surface area contributed by atoms with E-state index in [-0.39, 0.29) is 0 Å². The summed E-state index contributed by atoms with van der Waals surface area (Å²) in [6.45, 7) is 7.35. The Morgan fingerprint density at radius 2 is 1.78 bits per heavy atom. The van der Waals surface area contributed by atoms with Crippen molar-refractivity contribution in [1.82, 2.24) is 19.8 Å². The molecule has 0 aliphatic carbocycles. The van der Waals surface area contributed by atoms with E-state index in [1.54, 1.807) is 0 Å². The Morgan fingerprint density at radius 3 is 2.57 bits per heavy atom. The molecule has 1 saturated heterocycles. The number of benzene rings is 1. The maximum Gasteiger partial charge on any atom is 0.165 e. The molecule has 122 valence electrons. The summed E-state index contributed by atoms with van der Waals surface area (Å²) >= 11 is 0. The van der Waals surface area contributed by atoms with Gasteiger partial charge >= 0.3 is 0 Å². The lowest BCUT2D eigenvalue weighted by atomic mass is 10.1. The molecule has 0 atom stereocenters. The summed E-state index contributed by atoms with van der Waals surface area (Å²) in [5.41, 5.74) is 1.22. The van der Waals surface area contributed by atoms with Crippen LogP contribution in [0.5, 0.6) is 11.5 Å². The molecule has 2 aliphatic rings. The number of H-pyrrole nitrogens is 1. The summed E-state index contributed by atoms with van der Waals surface area (Å²) in [5, 5.41) is 0. The van der Waals surface area contributed by atoms with Gasteiger partial charge in [0.25, 0.3) is 0 Å². The largest absolute Gasteiger partial charge is 0.486 e. The number of fused-ring (bicyclic) bond motifs is 1. The number of para-hydroxylation sites is 1. The van der Waals surface area contributed by atoms with E-state index in [1.165, 1.54) is 5.56 Å². The van der Waals surface area contributed by atoms with E-state index in [1.807, 2.05) is 18.5 Å². The fourth-order valence-corrected chi connectivity index (χ4v) is 3.20. The van der Waals surface area contributed by atoms with E-state index in [0.717, 1.165) is 56.6 Å². The van der Waals surface area contributed by atoms with Crippen LogP contribution in [0.15, 0.2) is 30.6 Å². The lowest BCUT2D eigenvalue weighted by Crippen LogP contribution is -2.45. The Labute approximate surface area is 136 Å². The van der Waals surface area contributed by atoms with Crippen molar-refractivity contribution in [2.45, 2.75) is 13.1 Å². The van der Waals surface area contributed by atoms with Crippen LogP contribution in [-0.2, 0) is 13.1 Å². The molecule has 0 saturated carbocycles. The Hall–Kier alpha value is -2.05. The zero-order chi connectivity index (χ0) is 15.5. The predicted octanol–water partition coefficient (Wildman–Crippen LogP) is 1.50. The van der Waals surface area contributed by atoms with Crippen molar-refractivity contribution in [1.29, 1.82) is 0 Å². The number of hydrogen-bond donors (Lipinski definition) is 1. The number of rotatable bonds is 4. The first-order valence-corrected chi connectivity index (χ1v) is 8.19. The molecular formula is C17H22N4O2. The number of imidazole rings is 1. The molecule has 3 heterocycles. The van der Waals surface area contributed by atoms with Crippen molar-refractivity contribution in [3.8, 4) is 11.5 Å². The Balaban J connectivity index is 1.35. The third-order valence-corrected chi connectivity index (χ3v) is 4.43. The molecule has 2 aliphatic heterocycles. The van der Waals surface area contributed by atoms with E-state index in [4.69, 9.17) is 9.47 Å². The molecular weight excluding hydrogens is 292 g/mol. The van der Waals surface area contributed by atoms with Gasteiger partial charge in [0, 0.05) is 50.7 Å². The number of piperazine rings is 1. The van der Waals surface area contributed by atoms with Crippen LogP contribution in [0.3, 0.4) is 0 Å². The van der Waals surface area contributed by atoms with Crippen LogP contribution in [0.2, 0.25) is 0 Å². The molecule has 4 rings (SSSR count). The van der Waals surface area contributed by atoms with E-state index in [2.05, 4.69) is 31.9 Å². The number of aromatic nitrogens is 2. The molecule has 1 N–H and O–H groups in total. The fourth-order valence-electron chi connectivity index (χ4n) is 3.20. The smallest absolute Gasteiger partial charge is 0.165 e. The molecule has 1 aromatic heterocycles. The highest BCUT2D eigenvalue weighted by Gasteiger charge is 2.21. The van der Waals surface area contributed by atoms with E-state index in [9.17, 15) is 0 Å². The van der Waals surface area contributed by atoms with Crippen LogP contribution in [0.4, 0.5) is 0 Å². The maximum absolute atomic E-state index is 5.81. The Kier molecular flexibility index (Phi) is 4.17. The summed E-state index contributed by atoms with van der Waals surface area (Å²) in [7, 11) is 0. The molecule has 0 radical (unpaired) electrons. The quantitative estimate of drug-likeness (QED) is 0.927. The van der Waals surface area contributed by atoms with Crippen LogP contribution in [0, 0.1) is 0 Å². The number of nitrogens with zero attached hydrogens (tertiary/aromatic N) is 3. The highest BCUT2D eigenvalue weighted by molar-refractivity contribution is 5.47. The van der Waals surface area contributed by atoms with Crippen molar-refractivity contribution >= 4 is 0 Å². The molecule has 0 spiro atoms. The van der Waals surface area contributed by atoms with E-state index in [0.29, 0.717) is 13.2 Å². The van der Waals surface area contributed by atoms with Gasteiger partial charge in [-0.2, -0.15) is 0 Å². The summed E-state index contributed by atoms with van der Waals surface area (Å²) in [4.78, 5) is 12.4. The van der Waals surface area contributed by atoms with Crippen molar-refractivity contribution < 1.29 is 9.47 Å². The first-order valence-electron chi connectivity index (χ1n) is 8.19.